The Hall–Kier alpha value is -1.55. The molecule has 0 aromatic heterocycles. The quantitative estimate of drug-likeness (QED) is 0.262. The molecule has 21 heavy (non-hydrogen) atoms. The third kappa shape index (κ3) is 4.46. The van der Waals surface area contributed by atoms with Crippen molar-refractivity contribution < 1.29 is 5.21 Å². The molecular weight excluding hydrogens is 262 g/mol. The molecular formula is C17H27N3O. The standard InChI is InChI=1S/C17H27N3O/c1-12-4-3-5-16(9-6-12)19-11-15-8-7-14(10-13(15)2)17(18)20-21/h7-8,10,12,16,19,21H,3-6,9,11H2,1-2H3,(H2,18,20). The number of nitrogens with one attached hydrogen (secondary N) is 1. The number of rotatable bonds is 4. The van der Waals surface area contributed by atoms with Crippen LogP contribution in [0.5, 0.6) is 0 Å². The predicted octanol–water partition coefficient (Wildman–Crippen LogP) is 3.15. The van der Waals surface area contributed by atoms with E-state index in [0.29, 0.717) is 6.04 Å². The lowest BCUT2D eigenvalue weighted by Gasteiger charge is -2.17. The molecule has 4 heteroatoms. The maximum atomic E-state index is 8.72. The maximum Gasteiger partial charge on any atom is 0.170 e. The van der Waals surface area contributed by atoms with E-state index in [4.69, 9.17) is 10.9 Å². The van der Waals surface area contributed by atoms with Crippen LogP contribution in [0.15, 0.2) is 23.4 Å². The molecule has 2 atom stereocenters. The average molecular weight is 289 g/mol. The van der Waals surface area contributed by atoms with E-state index in [1.54, 1.807) is 0 Å². The van der Waals surface area contributed by atoms with Crippen LogP contribution in [-0.2, 0) is 6.54 Å². The van der Waals surface area contributed by atoms with E-state index in [-0.39, 0.29) is 5.84 Å². The van der Waals surface area contributed by atoms with Gasteiger partial charge in [-0.2, -0.15) is 0 Å². The molecule has 1 aromatic rings. The first-order chi connectivity index (χ1) is 10.1. The van der Waals surface area contributed by atoms with Crippen molar-refractivity contribution in [2.24, 2.45) is 16.8 Å². The van der Waals surface area contributed by atoms with Gasteiger partial charge in [-0.3, -0.25) is 0 Å². The topological polar surface area (TPSA) is 70.6 Å². The van der Waals surface area contributed by atoms with Crippen molar-refractivity contribution in [1.29, 1.82) is 0 Å². The molecule has 0 heterocycles. The van der Waals surface area contributed by atoms with Crippen LogP contribution in [0.25, 0.3) is 0 Å². The number of benzene rings is 1. The van der Waals surface area contributed by atoms with Gasteiger partial charge in [0.2, 0.25) is 0 Å². The molecule has 1 fully saturated rings. The van der Waals surface area contributed by atoms with Gasteiger partial charge >= 0.3 is 0 Å². The molecule has 0 amide bonds. The Morgan fingerprint density at radius 3 is 2.86 bits per heavy atom. The predicted molar refractivity (Wildman–Crippen MR) is 86.6 cm³/mol. The zero-order chi connectivity index (χ0) is 15.2. The second-order valence-electron chi connectivity index (χ2n) is 6.32. The summed E-state index contributed by atoms with van der Waals surface area (Å²) in [5.41, 5.74) is 8.84. The summed E-state index contributed by atoms with van der Waals surface area (Å²) in [4.78, 5) is 0. The number of aryl methyl sites for hydroxylation is 1. The third-order valence-corrected chi connectivity index (χ3v) is 4.58. The van der Waals surface area contributed by atoms with Crippen LogP contribution in [0.3, 0.4) is 0 Å². The van der Waals surface area contributed by atoms with Crippen LogP contribution >= 0.6 is 0 Å². The Kier molecular flexibility index (Phi) is 5.62. The highest BCUT2D eigenvalue weighted by atomic mass is 16.4. The molecule has 0 spiro atoms. The van der Waals surface area contributed by atoms with Crippen molar-refractivity contribution in [3.05, 3.63) is 34.9 Å². The molecule has 4 N–H and O–H groups in total. The number of hydrogen-bond acceptors (Lipinski definition) is 3. The first-order valence-electron chi connectivity index (χ1n) is 7.91. The van der Waals surface area contributed by atoms with Crippen LogP contribution < -0.4 is 11.1 Å². The monoisotopic (exact) mass is 289 g/mol. The summed E-state index contributed by atoms with van der Waals surface area (Å²) in [6.45, 7) is 5.32. The first-order valence-corrected chi connectivity index (χ1v) is 7.91. The number of amidine groups is 1. The van der Waals surface area contributed by atoms with Gasteiger partial charge < -0.3 is 16.3 Å². The van der Waals surface area contributed by atoms with E-state index in [1.807, 2.05) is 12.1 Å². The SMILES string of the molecule is Cc1cc(/C(N)=N/O)ccc1CNC1CCCC(C)CC1. The summed E-state index contributed by atoms with van der Waals surface area (Å²) in [5, 5.41) is 15.5. The molecule has 4 nitrogen and oxygen atoms in total. The fraction of sp³-hybridized carbons (Fsp3) is 0.588. The fourth-order valence-corrected chi connectivity index (χ4v) is 3.06. The highest BCUT2D eigenvalue weighted by Gasteiger charge is 2.15. The largest absolute Gasteiger partial charge is 0.409 e. The highest BCUT2D eigenvalue weighted by molar-refractivity contribution is 5.97. The lowest BCUT2D eigenvalue weighted by Crippen LogP contribution is -2.28. The summed E-state index contributed by atoms with van der Waals surface area (Å²) in [7, 11) is 0. The third-order valence-electron chi connectivity index (χ3n) is 4.58. The van der Waals surface area contributed by atoms with Crippen molar-refractivity contribution in [3.63, 3.8) is 0 Å². The molecule has 2 rings (SSSR count). The van der Waals surface area contributed by atoms with E-state index in [2.05, 4.69) is 30.4 Å². The van der Waals surface area contributed by atoms with Gasteiger partial charge in [0.1, 0.15) is 0 Å². The minimum absolute atomic E-state index is 0.162. The maximum absolute atomic E-state index is 8.72. The summed E-state index contributed by atoms with van der Waals surface area (Å²) in [6, 6.07) is 6.59. The Balaban J connectivity index is 1.94. The Bertz CT molecular complexity index is 499. The number of nitrogens with zero attached hydrogens (tertiary/aromatic N) is 1. The van der Waals surface area contributed by atoms with Crippen molar-refractivity contribution in [2.75, 3.05) is 0 Å². The van der Waals surface area contributed by atoms with Crippen LogP contribution in [0.1, 0.15) is 55.7 Å². The molecule has 2 unspecified atom stereocenters. The molecule has 116 valence electrons. The van der Waals surface area contributed by atoms with E-state index in [1.165, 1.54) is 43.2 Å². The van der Waals surface area contributed by atoms with Crippen molar-refractivity contribution in [2.45, 2.75) is 58.5 Å². The molecule has 1 aliphatic rings. The van der Waals surface area contributed by atoms with E-state index >= 15 is 0 Å². The van der Waals surface area contributed by atoms with Gasteiger partial charge in [0.05, 0.1) is 0 Å². The molecule has 0 aliphatic heterocycles. The van der Waals surface area contributed by atoms with Gasteiger partial charge in [0.25, 0.3) is 0 Å². The number of hydrogen-bond donors (Lipinski definition) is 3. The lowest BCUT2D eigenvalue weighted by molar-refractivity contribution is 0.318. The van der Waals surface area contributed by atoms with Crippen LogP contribution in [0.2, 0.25) is 0 Å². The van der Waals surface area contributed by atoms with Crippen molar-refractivity contribution in [1.82, 2.24) is 5.32 Å². The van der Waals surface area contributed by atoms with Gasteiger partial charge in [-0.1, -0.05) is 37.1 Å². The average Bonchev–Trinajstić information content (AvgIpc) is 2.69. The van der Waals surface area contributed by atoms with Gasteiger partial charge in [0.15, 0.2) is 5.84 Å². The Morgan fingerprint density at radius 1 is 1.33 bits per heavy atom. The van der Waals surface area contributed by atoms with Crippen molar-refractivity contribution in [3.8, 4) is 0 Å². The lowest BCUT2D eigenvalue weighted by atomic mass is 10.0. The van der Waals surface area contributed by atoms with E-state index < -0.39 is 0 Å². The van der Waals surface area contributed by atoms with Crippen LogP contribution in [-0.4, -0.2) is 17.1 Å². The normalized spacial score (nSPS) is 23.8. The summed E-state index contributed by atoms with van der Waals surface area (Å²) >= 11 is 0. The zero-order valence-electron chi connectivity index (χ0n) is 13.1. The minimum Gasteiger partial charge on any atom is -0.409 e. The minimum atomic E-state index is 0.162. The smallest absolute Gasteiger partial charge is 0.170 e. The summed E-state index contributed by atoms with van der Waals surface area (Å²) < 4.78 is 0. The summed E-state index contributed by atoms with van der Waals surface area (Å²) in [6.07, 6.45) is 6.60. The highest BCUT2D eigenvalue weighted by Crippen LogP contribution is 2.23. The number of nitrogens with two attached hydrogens (primary N) is 1. The molecule has 1 aliphatic carbocycles. The Labute approximate surface area is 127 Å². The molecule has 1 saturated carbocycles. The first kappa shape index (κ1) is 15.8. The van der Waals surface area contributed by atoms with Crippen LogP contribution in [0.4, 0.5) is 0 Å². The van der Waals surface area contributed by atoms with Gasteiger partial charge in [0, 0.05) is 18.2 Å². The molecule has 1 aromatic carbocycles. The van der Waals surface area contributed by atoms with Gasteiger partial charge in [-0.25, -0.2) is 0 Å². The summed E-state index contributed by atoms with van der Waals surface area (Å²) in [5.74, 6) is 1.04. The molecule has 0 radical (unpaired) electrons. The van der Waals surface area contributed by atoms with Crippen molar-refractivity contribution >= 4 is 5.84 Å². The second-order valence-corrected chi connectivity index (χ2v) is 6.32. The molecule has 0 saturated heterocycles. The van der Waals surface area contributed by atoms with Gasteiger partial charge in [-0.05, 0) is 49.3 Å². The molecule has 0 bridgehead atoms. The Morgan fingerprint density at radius 2 is 2.14 bits per heavy atom. The van der Waals surface area contributed by atoms with E-state index in [0.717, 1.165) is 18.0 Å². The second kappa shape index (κ2) is 7.46. The zero-order valence-corrected chi connectivity index (χ0v) is 13.1. The number of oxime groups is 1. The van der Waals surface area contributed by atoms with Crippen LogP contribution in [0, 0.1) is 12.8 Å². The fourth-order valence-electron chi connectivity index (χ4n) is 3.06. The van der Waals surface area contributed by atoms with Gasteiger partial charge in [-0.15, -0.1) is 0 Å². The van der Waals surface area contributed by atoms with E-state index in [9.17, 15) is 0 Å².